The van der Waals surface area contributed by atoms with Crippen molar-refractivity contribution in [2.24, 2.45) is 17.8 Å². The number of carboxylic acid groups (broad SMARTS) is 1. The molecule has 1 aromatic carbocycles. The van der Waals surface area contributed by atoms with Gasteiger partial charge in [-0.2, -0.15) is 0 Å². The predicted molar refractivity (Wildman–Crippen MR) is 155 cm³/mol. The lowest BCUT2D eigenvalue weighted by Crippen LogP contribution is -2.57. The number of carbonyl (C=O) groups is 4. The minimum atomic E-state index is -0.973. The Labute approximate surface area is 246 Å². The van der Waals surface area contributed by atoms with E-state index in [9.17, 15) is 24.3 Å². The molecule has 12 heteroatoms. The van der Waals surface area contributed by atoms with Crippen LogP contribution in [0.3, 0.4) is 0 Å². The SMILES string of the molecule is CC(C)C(NC(=O)c1nc2ccccc2n1CCC(=O)O)[C@H]1C[C@@H](C(=O)N2CCOCC2)CN(C(=O)OC(C)(C)C)C1. The molecule has 2 fully saturated rings. The first-order valence-electron chi connectivity index (χ1n) is 14.7. The fourth-order valence-corrected chi connectivity index (χ4v) is 5.82. The van der Waals surface area contributed by atoms with E-state index in [-0.39, 0.29) is 43.1 Å². The Balaban J connectivity index is 1.61. The van der Waals surface area contributed by atoms with Crippen molar-refractivity contribution >= 4 is 34.9 Å². The van der Waals surface area contributed by atoms with E-state index in [1.165, 1.54) is 0 Å². The van der Waals surface area contributed by atoms with Crippen LogP contribution >= 0.6 is 0 Å². The van der Waals surface area contributed by atoms with Gasteiger partial charge in [-0.25, -0.2) is 9.78 Å². The van der Waals surface area contributed by atoms with Crippen molar-refractivity contribution in [3.8, 4) is 0 Å². The number of nitrogens with zero attached hydrogens (tertiary/aromatic N) is 4. The molecular formula is C30H43N5O7. The van der Waals surface area contributed by atoms with Gasteiger partial charge in [0.25, 0.3) is 5.91 Å². The lowest BCUT2D eigenvalue weighted by atomic mass is 9.79. The number of aryl methyl sites for hydroxylation is 1. The Morgan fingerprint density at radius 2 is 1.79 bits per heavy atom. The van der Waals surface area contributed by atoms with Crippen molar-refractivity contribution in [3.05, 3.63) is 30.1 Å². The number of ether oxygens (including phenoxy) is 2. The van der Waals surface area contributed by atoms with Crippen LogP contribution in [0.4, 0.5) is 4.79 Å². The van der Waals surface area contributed by atoms with E-state index in [2.05, 4.69) is 10.3 Å². The van der Waals surface area contributed by atoms with E-state index in [4.69, 9.17) is 9.47 Å². The highest BCUT2D eigenvalue weighted by Gasteiger charge is 2.41. The van der Waals surface area contributed by atoms with Crippen LogP contribution in [0.5, 0.6) is 0 Å². The maximum Gasteiger partial charge on any atom is 0.410 e. The zero-order chi connectivity index (χ0) is 30.6. The maximum absolute atomic E-state index is 13.8. The smallest absolute Gasteiger partial charge is 0.410 e. The third kappa shape index (κ3) is 7.58. The third-order valence-corrected chi connectivity index (χ3v) is 7.74. The number of piperidine rings is 1. The highest BCUT2D eigenvalue weighted by Crippen LogP contribution is 2.31. The summed E-state index contributed by atoms with van der Waals surface area (Å²) in [5.74, 6) is -2.02. The standard InChI is InChI=1S/C30H43N5O7/c1-19(2)25(32-27(38)26-31-22-8-6-7-9-23(22)35(26)11-10-24(36)37)20-16-21(28(39)33-12-14-41-15-13-33)18-34(17-20)29(40)42-30(3,4)5/h6-9,19-21,25H,10-18H2,1-5H3,(H,32,38)(H,36,37)/t20-,21+,25?/m0/s1. The van der Waals surface area contributed by atoms with Crippen LogP contribution in [0.1, 0.15) is 58.1 Å². The number of carboxylic acids is 1. The Bertz CT molecular complexity index is 1290. The minimum Gasteiger partial charge on any atom is -0.481 e. The molecule has 0 spiro atoms. The largest absolute Gasteiger partial charge is 0.481 e. The highest BCUT2D eigenvalue weighted by atomic mass is 16.6. The number of aliphatic carboxylic acids is 1. The number of hydrogen-bond donors (Lipinski definition) is 2. The fraction of sp³-hybridized carbons (Fsp3) is 0.633. The summed E-state index contributed by atoms with van der Waals surface area (Å²) in [5, 5.41) is 12.4. The van der Waals surface area contributed by atoms with Crippen LogP contribution in [0.25, 0.3) is 11.0 Å². The average molecular weight is 586 g/mol. The number of imidazole rings is 1. The van der Waals surface area contributed by atoms with Gasteiger partial charge in [0.05, 0.1) is 36.6 Å². The second kappa shape index (κ2) is 13.1. The number of nitrogens with one attached hydrogen (secondary N) is 1. The molecule has 0 radical (unpaired) electrons. The summed E-state index contributed by atoms with van der Waals surface area (Å²) >= 11 is 0. The average Bonchev–Trinajstić information content (AvgIpc) is 3.32. The van der Waals surface area contributed by atoms with Crippen molar-refractivity contribution in [2.75, 3.05) is 39.4 Å². The molecule has 12 nitrogen and oxygen atoms in total. The molecule has 0 aliphatic carbocycles. The molecule has 2 aromatic rings. The highest BCUT2D eigenvalue weighted by molar-refractivity contribution is 5.95. The normalized spacial score (nSPS) is 20.4. The molecule has 1 unspecified atom stereocenters. The summed E-state index contributed by atoms with van der Waals surface area (Å²) in [7, 11) is 0. The Kier molecular flexibility index (Phi) is 9.75. The van der Waals surface area contributed by atoms with E-state index in [1.54, 1.807) is 41.2 Å². The summed E-state index contributed by atoms with van der Waals surface area (Å²) in [6.45, 7) is 12.0. The second-order valence-electron chi connectivity index (χ2n) is 12.5. The van der Waals surface area contributed by atoms with Gasteiger partial charge in [0, 0.05) is 38.8 Å². The van der Waals surface area contributed by atoms with Crippen LogP contribution in [-0.2, 0) is 25.6 Å². The molecule has 2 saturated heterocycles. The van der Waals surface area contributed by atoms with Crippen molar-refractivity contribution in [2.45, 2.75) is 65.6 Å². The fourth-order valence-electron chi connectivity index (χ4n) is 5.82. The van der Waals surface area contributed by atoms with Gasteiger partial charge in [0.1, 0.15) is 5.60 Å². The van der Waals surface area contributed by atoms with Gasteiger partial charge in [-0.3, -0.25) is 14.4 Å². The Morgan fingerprint density at radius 3 is 2.43 bits per heavy atom. The Morgan fingerprint density at radius 1 is 1.10 bits per heavy atom. The van der Waals surface area contributed by atoms with Crippen molar-refractivity contribution in [1.82, 2.24) is 24.7 Å². The molecule has 1 aromatic heterocycles. The maximum atomic E-state index is 13.8. The van der Waals surface area contributed by atoms with E-state index in [0.717, 1.165) is 0 Å². The van der Waals surface area contributed by atoms with Crippen molar-refractivity contribution in [1.29, 1.82) is 0 Å². The van der Waals surface area contributed by atoms with Gasteiger partial charge < -0.3 is 34.3 Å². The quantitative estimate of drug-likeness (QED) is 0.481. The monoisotopic (exact) mass is 585 g/mol. The lowest BCUT2D eigenvalue weighted by molar-refractivity contribution is -0.142. The number of benzene rings is 1. The van der Waals surface area contributed by atoms with Crippen molar-refractivity contribution < 1.29 is 33.8 Å². The summed E-state index contributed by atoms with van der Waals surface area (Å²) in [4.78, 5) is 59.8. The van der Waals surface area contributed by atoms with Crippen molar-refractivity contribution in [3.63, 3.8) is 0 Å². The van der Waals surface area contributed by atoms with E-state index >= 15 is 0 Å². The lowest BCUT2D eigenvalue weighted by Gasteiger charge is -2.43. The zero-order valence-electron chi connectivity index (χ0n) is 25.2. The van der Waals surface area contributed by atoms with Crippen LogP contribution in [0, 0.1) is 17.8 Å². The number of rotatable bonds is 8. The number of amides is 3. The van der Waals surface area contributed by atoms with E-state index < -0.39 is 35.5 Å². The molecule has 2 aliphatic heterocycles. The number of fused-ring (bicyclic) bond motifs is 1. The number of morpholine rings is 1. The molecule has 230 valence electrons. The van der Waals surface area contributed by atoms with E-state index in [0.29, 0.717) is 50.3 Å². The molecular weight excluding hydrogens is 542 g/mol. The first-order valence-corrected chi connectivity index (χ1v) is 14.7. The van der Waals surface area contributed by atoms with Gasteiger partial charge in [0.2, 0.25) is 5.91 Å². The molecule has 42 heavy (non-hydrogen) atoms. The Hall–Kier alpha value is -3.67. The number of likely N-dealkylation sites (tertiary alicyclic amines) is 1. The summed E-state index contributed by atoms with van der Waals surface area (Å²) in [6.07, 6.45) is -0.155. The second-order valence-corrected chi connectivity index (χ2v) is 12.5. The van der Waals surface area contributed by atoms with Crippen LogP contribution in [0.15, 0.2) is 24.3 Å². The van der Waals surface area contributed by atoms with Gasteiger partial charge in [-0.15, -0.1) is 0 Å². The zero-order valence-corrected chi connectivity index (χ0v) is 25.2. The van der Waals surface area contributed by atoms with Crippen LogP contribution in [0.2, 0.25) is 0 Å². The first kappa shape index (κ1) is 31.3. The van der Waals surface area contributed by atoms with Gasteiger partial charge in [0.15, 0.2) is 5.82 Å². The van der Waals surface area contributed by atoms with Gasteiger partial charge in [-0.1, -0.05) is 26.0 Å². The van der Waals surface area contributed by atoms with Gasteiger partial charge in [-0.05, 0) is 51.2 Å². The molecule has 2 N–H and O–H groups in total. The minimum absolute atomic E-state index is 0.0270. The molecule has 2 aliphatic rings. The summed E-state index contributed by atoms with van der Waals surface area (Å²) < 4.78 is 12.7. The summed E-state index contributed by atoms with van der Waals surface area (Å²) in [6, 6.07) is 6.83. The van der Waals surface area contributed by atoms with Crippen LogP contribution < -0.4 is 5.32 Å². The number of hydrogen-bond acceptors (Lipinski definition) is 7. The number of para-hydroxylation sites is 2. The predicted octanol–water partition coefficient (Wildman–Crippen LogP) is 3.00. The van der Waals surface area contributed by atoms with Crippen LogP contribution in [-0.4, -0.2) is 99.4 Å². The summed E-state index contributed by atoms with van der Waals surface area (Å²) in [5.41, 5.74) is 0.572. The molecule has 0 saturated carbocycles. The molecule has 3 amide bonds. The molecule has 4 rings (SSSR count). The van der Waals surface area contributed by atoms with Gasteiger partial charge >= 0.3 is 12.1 Å². The van der Waals surface area contributed by atoms with E-state index in [1.807, 2.05) is 32.0 Å². The topological polar surface area (TPSA) is 143 Å². The number of aromatic nitrogens is 2. The number of carbonyl (C=O) groups excluding carboxylic acids is 3. The molecule has 3 heterocycles. The molecule has 3 atom stereocenters. The first-order chi connectivity index (χ1) is 19.8. The molecule has 0 bridgehead atoms. The third-order valence-electron chi connectivity index (χ3n) is 7.74.